The third-order valence-corrected chi connectivity index (χ3v) is 3.39. The van der Waals surface area contributed by atoms with Gasteiger partial charge in [0.15, 0.2) is 0 Å². The number of rotatable bonds is 6. The molecule has 0 N–H and O–H groups in total. The molecule has 0 atom stereocenters. The van der Waals surface area contributed by atoms with E-state index in [0.29, 0.717) is 12.2 Å². The second-order valence-corrected chi connectivity index (χ2v) is 4.24. The lowest BCUT2D eigenvalue weighted by atomic mass is 9.79. The second-order valence-electron chi connectivity index (χ2n) is 4.24. The molecule has 1 rings (SSSR count). The van der Waals surface area contributed by atoms with Crippen LogP contribution in [-0.4, -0.2) is 15.3 Å². The number of hydrogen-bond acceptors (Lipinski definition) is 2. The van der Waals surface area contributed by atoms with Gasteiger partial charge in [-0.25, -0.2) is 4.98 Å². The highest BCUT2D eigenvalue weighted by Gasteiger charge is 2.27. The quantitative estimate of drug-likeness (QED) is 0.720. The molecule has 0 aliphatic heterocycles. The van der Waals surface area contributed by atoms with Gasteiger partial charge in [0, 0.05) is 30.8 Å². The maximum Gasteiger partial charge on any atom is 0.140 e. The summed E-state index contributed by atoms with van der Waals surface area (Å²) in [4.78, 5) is 15.9. The molecular weight excluding hydrogens is 188 g/mol. The van der Waals surface area contributed by atoms with Gasteiger partial charge in [0.2, 0.25) is 0 Å². The summed E-state index contributed by atoms with van der Waals surface area (Å²) < 4.78 is 1.95. The summed E-state index contributed by atoms with van der Waals surface area (Å²) in [5.74, 6) is 0.362. The number of hydrogen-bond donors (Lipinski definition) is 0. The fourth-order valence-electron chi connectivity index (χ4n) is 1.60. The lowest BCUT2D eigenvalue weighted by Gasteiger charge is -2.24. The van der Waals surface area contributed by atoms with Crippen molar-refractivity contribution in [1.82, 2.24) is 9.55 Å². The standard InChI is InChI=1S/C12H20N2O/c1-4-12(3,5-2)11(15)6-8-14-9-7-13-10-14/h7,9-10H,4-6,8H2,1-3H3. The van der Waals surface area contributed by atoms with Crippen LogP contribution in [0.2, 0.25) is 0 Å². The number of aryl methyl sites for hydroxylation is 1. The summed E-state index contributed by atoms with van der Waals surface area (Å²) in [5, 5.41) is 0. The zero-order valence-electron chi connectivity index (χ0n) is 9.86. The molecule has 0 bridgehead atoms. The van der Waals surface area contributed by atoms with Crippen molar-refractivity contribution in [3.05, 3.63) is 18.7 Å². The van der Waals surface area contributed by atoms with Crippen LogP contribution in [0.5, 0.6) is 0 Å². The van der Waals surface area contributed by atoms with E-state index < -0.39 is 0 Å². The molecule has 84 valence electrons. The number of imidazole rings is 1. The Balaban J connectivity index is 2.48. The Kier molecular flexibility index (Phi) is 4.06. The zero-order chi connectivity index (χ0) is 11.3. The average molecular weight is 208 g/mol. The van der Waals surface area contributed by atoms with Crippen molar-refractivity contribution in [3.8, 4) is 0 Å². The minimum Gasteiger partial charge on any atom is -0.337 e. The first kappa shape index (κ1) is 12.0. The summed E-state index contributed by atoms with van der Waals surface area (Å²) >= 11 is 0. The molecule has 0 fully saturated rings. The molecule has 0 saturated carbocycles. The molecule has 3 nitrogen and oxygen atoms in total. The summed E-state index contributed by atoms with van der Waals surface area (Å²) in [6.07, 6.45) is 7.83. The maximum absolute atomic E-state index is 12.0. The van der Waals surface area contributed by atoms with Crippen LogP contribution in [0, 0.1) is 5.41 Å². The fraction of sp³-hybridized carbons (Fsp3) is 0.667. The highest BCUT2D eigenvalue weighted by Crippen LogP contribution is 2.27. The molecule has 0 aliphatic rings. The largest absolute Gasteiger partial charge is 0.337 e. The van der Waals surface area contributed by atoms with Crippen molar-refractivity contribution in [1.29, 1.82) is 0 Å². The van der Waals surface area contributed by atoms with Gasteiger partial charge in [-0.2, -0.15) is 0 Å². The van der Waals surface area contributed by atoms with E-state index in [-0.39, 0.29) is 5.41 Å². The number of carbonyl (C=O) groups is 1. The molecule has 0 radical (unpaired) electrons. The first-order valence-corrected chi connectivity index (χ1v) is 5.61. The topological polar surface area (TPSA) is 34.9 Å². The van der Waals surface area contributed by atoms with Gasteiger partial charge in [0.05, 0.1) is 6.33 Å². The van der Waals surface area contributed by atoms with Crippen molar-refractivity contribution >= 4 is 5.78 Å². The van der Waals surface area contributed by atoms with Crippen molar-refractivity contribution in [3.63, 3.8) is 0 Å². The number of aromatic nitrogens is 2. The van der Waals surface area contributed by atoms with Crippen LogP contribution < -0.4 is 0 Å². The fourth-order valence-corrected chi connectivity index (χ4v) is 1.60. The molecule has 0 saturated heterocycles. The van der Waals surface area contributed by atoms with Crippen LogP contribution in [0.3, 0.4) is 0 Å². The van der Waals surface area contributed by atoms with Crippen LogP contribution in [-0.2, 0) is 11.3 Å². The average Bonchev–Trinajstić information content (AvgIpc) is 2.77. The molecule has 0 aromatic carbocycles. The lowest BCUT2D eigenvalue weighted by molar-refractivity contribution is -0.128. The molecule has 0 amide bonds. The monoisotopic (exact) mass is 208 g/mol. The van der Waals surface area contributed by atoms with E-state index in [9.17, 15) is 4.79 Å². The van der Waals surface area contributed by atoms with Crippen LogP contribution in [0.1, 0.15) is 40.0 Å². The highest BCUT2D eigenvalue weighted by molar-refractivity contribution is 5.84. The third-order valence-electron chi connectivity index (χ3n) is 3.39. The van der Waals surface area contributed by atoms with Crippen molar-refractivity contribution < 1.29 is 4.79 Å². The second kappa shape index (κ2) is 5.10. The highest BCUT2D eigenvalue weighted by atomic mass is 16.1. The summed E-state index contributed by atoms with van der Waals surface area (Å²) in [6, 6.07) is 0. The van der Waals surface area contributed by atoms with E-state index in [2.05, 4.69) is 25.8 Å². The first-order valence-electron chi connectivity index (χ1n) is 5.61. The Labute approximate surface area is 91.5 Å². The van der Waals surface area contributed by atoms with Gasteiger partial charge in [-0.1, -0.05) is 20.8 Å². The smallest absolute Gasteiger partial charge is 0.140 e. The SMILES string of the molecule is CCC(C)(CC)C(=O)CCn1ccnc1. The predicted molar refractivity (Wildman–Crippen MR) is 60.5 cm³/mol. The Morgan fingerprint density at radius 2 is 2.07 bits per heavy atom. The van der Waals surface area contributed by atoms with Gasteiger partial charge in [-0.15, -0.1) is 0 Å². The van der Waals surface area contributed by atoms with E-state index in [1.165, 1.54) is 0 Å². The third kappa shape index (κ3) is 2.91. The summed E-state index contributed by atoms with van der Waals surface area (Å²) in [7, 11) is 0. The van der Waals surface area contributed by atoms with Gasteiger partial charge in [-0.3, -0.25) is 4.79 Å². The lowest BCUT2D eigenvalue weighted by Crippen LogP contribution is -2.27. The van der Waals surface area contributed by atoms with Crippen LogP contribution in [0.25, 0.3) is 0 Å². The van der Waals surface area contributed by atoms with Gasteiger partial charge in [0.1, 0.15) is 5.78 Å². The Hall–Kier alpha value is -1.12. The first-order chi connectivity index (χ1) is 7.12. The Morgan fingerprint density at radius 3 is 2.53 bits per heavy atom. The van der Waals surface area contributed by atoms with E-state index >= 15 is 0 Å². The van der Waals surface area contributed by atoms with E-state index in [1.807, 2.05) is 10.8 Å². The minimum absolute atomic E-state index is 0.138. The number of nitrogens with zero attached hydrogens (tertiary/aromatic N) is 2. The molecule has 0 aliphatic carbocycles. The van der Waals surface area contributed by atoms with Gasteiger partial charge >= 0.3 is 0 Å². The number of carbonyl (C=O) groups excluding carboxylic acids is 1. The molecule has 1 heterocycles. The van der Waals surface area contributed by atoms with Crippen LogP contribution in [0.15, 0.2) is 18.7 Å². The van der Waals surface area contributed by atoms with Crippen LogP contribution in [0.4, 0.5) is 0 Å². The predicted octanol–water partition coefficient (Wildman–Crippen LogP) is 2.67. The van der Waals surface area contributed by atoms with Gasteiger partial charge in [0.25, 0.3) is 0 Å². The summed E-state index contributed by atoms with van der Waals surface area (Å²) in [6.45, 7) is 6.97. The van der Waals surface area contributed by atoms with Crippen molar-refractivity contribution in [2.24, 2.45) is 5.41 Å². The number of Topliss-reactive ketones (excluding diaryl/α,β-unsaturated/α-hetero) is 1. The van der Waals surface area contributed by atoms with Crippen molar-refractivity contribution in [2.75, 3.05) is 0 Å². The maximum atomic E-state index is 12.0. The normalized spacial score (nSPS) is 11.7. The minimum atomic E-state index is -0.138. The van der Waals surface area contributed by atoms with Crippen molar-refractivity contribution in [2.45, 2.75) is 46.6 Å². The van der Waals surface area contributed by atoms with E-state index in [4.69, 9.17) is 0 Å². The van der Waals surface area contributed by atoms with Crippen LogP contribution >= 0.6 is 0 Å². The molecule has 0 unspecified atom stereocenters. The van der Waals surface area contributed by atoms with Gasteiger partial charge < -0.3 is 4.57 Å². The zero-order valence-corrected chi connectivity index (χ0v) is 9.86. The van der Waals surface area contributed by atoms with E-state index in [0.717, 1.165) is 19.4 Å². The molecule has 1 aromatic heterocycles. The number of ketones is 1. The summed E-state index contributed by atoms with van der Waals surface area (Å²) in [5.41, 5.74) is -0.138. The molecule has 1 aromatic rings. The van der Waals surface area contributed by atoms with Gasteiger partial charge in [-0.05, 0) is 12.8 Å². The molecule has 0 spiro atoms. The Bertz CT molecular complexity index is 299. The Morgan fingerprint density at radius 1 is 1.40 bits per heavy atom. The molecule has 3 heteroatoms. The van der Waals surface area contributed by atoms with E-state index in [1.54, 1.807) is 12.5 Å². The molecular formula is C12H20N2O. The molecule has 15 heavy (non-hydrogen) atoms.